The minimum absolute atomic E-state index is 0.0599. The quantitative estimate of drug-likeness (QED) is 0.504. The first-order valence-corrected chi connectivity index (χ1v) is 12.6. The fourth-order valence-corrected chi connectivity index (χ4v) is 5.59. The van der Waals surface area contributed by atoms with Crippen molar-refractivity contribution in [3.8, 4) is 0 Å². The van der Waals surface area contributed by atoms with Gasteiger partial charge in [-0.3, -0.25) is 4.79 Å². The molecule has 2 heterocycles. The Hall–Kier alpha value is -2.44. The van der Waals surface area contributed by atoms with E-state index in [1.807, 2.05) is 71.9 Å². The maximum absolute atomic E-state index is 12.9. The van der Waals surface area contributed by atoms with Gasteiger partial charge in [0.15, 0.2) is 0 Å². The Kier molecular flexibility index (Phi) is 6.30. The molecule has 0 bridgehead atoms. The van der Waals surface area contributed by atoms with Gasteiger partial charge in [-0.2, -0.15) is 0 Å². The van der Waals surface area contributed by atoms with Crippen LogP contribution in [0.25, 0.3) is 0 Å². The number of ether oxygens (including phenoxy) is 1. The Labute approximate surface area is 217 Å². The molecule has 1 fully saturated rings. The third kappa shape index (κ3) is 4.47. The Balaban J connectivity index is 1.75. The van der Waals surface area contributed by atoms with Crippen molar-refractivity contribution < 1.29 is 14.3 Å². The van der Waals surface area contributed by atoms with Crippen LogP contribution in [0.3, 0.4) is 0 Å². The van der Waals surface area contributed by atoms with Crippen LogP contribution < -0.4 is 10.2 Å². The van der Waals surface area contributed by atoms with Crippen LogP contribution in [0.15, 0.2) is 30.3 Å². The third-order valence-corrected chi connectivity index (χ3v) is 7.94. The van der Waals surface area contributed by atoms with Gasteiger partial charge >= 0.3 is 6.09 Å². The Morgan fingerprint density at radius 2 is 1.74 bits per heavy atom. The van der Waals surface area contributed by atoms with Crippen molar-refractivity contribution in [2.75, 3.05) is 30.4 Å². The standard InChI is InChI=1S/C27H33Cl2N3O3/c1-16-8-10-19(22(29)21(16)28)27(12-13-32(15-27)24(34)35-25(2,3)4)30-17-9-11-18-20(14-17)31(7)23(33)26(18,5)6/h8-11,14,30H,12-13,15H2,1-7H3/t27-/m1/s1. The molecule has 0 unspecified atom stereocenters. The molecule has 35 heavy (non-hydrogen) atoms. The summed E-state index contributed by atoms with van der Waals surface area (Å²) in [5.41, 5.74) is 2.55. The second-order valence-electron chi connectivity index (χ2n) is 11.1. The van der Waals surface area contributed by atoms with E-state index >= 15 is 0 Å². The lowest BCUT2D eigenvalue weighted by molar-refractivity contribution is -0.121. The highest BCUT2D eigenvalue weighted by atomic mass is 35.5. The molecule has 1 atom stereocenters. The molecule has 6 nitrogen and oxygen atoms in total. The molecule has 2 aliphatic heterocycles. The number of nitrogens with zero attached hydrogens (tertiary/aromatic N) is 2. The predicted octanol–water partition coefficient (Wildman–Crippen LogP) is 6.50. The average Bonchev–Trinajstić information content (AvgIpc) is 3.26. The van der Waals surface area contributed by atoms with Gasteiger partial charge in [0.05, 0.1) is 27.5 Å². The van der Waals surface area contributed by atoms with Crippen LogP contribution in [0.4, 0.5) is 16.2 Å². The van der Waals surface area contributed by atoms with Crippen LogP contribution in [-0.4, -0.2) is 42.6 Å². The fraction of sp³-hybridized carbons (Fsp3) is 0.481. The van der Waals surface area contributed by atoms with Gasteiger partial charge in [0.25, 0.3) is 0 Å². The van der Waals surface area contributed by atoms with Crippen molar-refractivity contribution in [2.45, 2.75) is 64.5 Å². The smallest absolute Gasteiger partial charge is 0.410 e. The van der Waals surface area contributed by atoms with Crippen molar-refractivity contribution >= 4 is 46.6 Å². The second kappa shape index (κ2) is 8.59. The molecule has 2 aliphatic rings. The number of rotatable bonds is 3. The lowest BCUT2D eigenvalue weighted by Crippen LogP contribution is -2.42. The first kappa shape index (κ1) is 25.6. The number of nitrogens with one attached hydrogen (secondary N) is 1. The summed E-state index contributed by atoms with van der Waals surface area (Å²) < 4.78 is 5.64. The number of amides is 2. The van der Waals surface area contributed by atoms with Crippen molar-refractivity contribution in [3.05, 3.63) is 57.1 Å². The van der Waals surface area contributed by atoms with Gasteiger partial charge < -0.3 is 19.9 Å². The van der Waals surface area contributed by atoms with Crippen LogP contribution in [-0.2, 0) is 20.5 Å². The van der Waals surface area contributed by atoms with Crippen LogP contribution in [0.1, 0.15) is 57.7 Å². The molecule has 0 spiro atoms. The Morgan fingerprint density at radius 3 is 2.40 bits per heavy atom. The van der Waals surface area contributed by atoms with E-state index in [1.165, 1.54) is 0 Å². The summed E-state index contributed by atoms with van der Waals surface area (Å²) in [6, 6.07) is 9.89. The number of likely N-dealkylation sites (tertiary alicyclic amines) is 1. The summed E-state index contributed by atoms with van der Waals surface area (Å²) in [6.45, 7) is 12.2. The number of likely N-dealkylation sites (N-methyl/N-ethyl adjacent to an activating group) is 1. The first-order valence-electron chi connectivity index (χ1n) is 11.8. The third-order valence-electron chi connectivity index (χ3n) is 6.97. The molecule has 8 heteroatoms. The SMILES string of the molecule is Cc1ccc([C@@]2(Nc3ccc4c(c3)N(C)C(=O)C4(C)C)CCN(C(=O)OC(C)(C)C)C2)c(Cl)c1Cl. The summed E-state index contributed by atoms with van der Waals surface area (Å²) in [7, 11) is 1.80. The maximum atomic E-state index is 12.9. The molecular formula is C27H33Cl2N3O3. The number of fused-ring (bicyclic) bond motifs is 1. The van der Waals surface area contributed by atoms with E-state index in [0.29, 0.717) is 29.6 Å². The van der Waals surface area contributed by atoms with Gasteiger partial charge in [-0.25, -0.2) is 4.79 Å². The van der Waals surface area contributed by atoms with Crippen LogP contribution >= 0.6 is 23.2 Å². The zero-order chi connectivity index (χ0) is 25.9. The van der Waals surface area contributed by atoms with E-state index in [-0.39, 0.29) is 12.0 Å². The monoisotopic (exact) mass is 517 g/mol. The Morgan fingerprint density at radius 1 is 1.09 bits per heavy atom. The summed E-state index contributed by atoms with van der Waals surface area (Å²) in [6.07, 6.45) is 0.249. The van der Waals surface area contributed by atoms with E-state index in [2.05, 4.69) is 5.32 Å². The average molecular weight is 518 g/mol. The van der Waals surface area contributed by atoms with E-state index in [1.54, 1.807) is 16.8 Å². The molecule has 1 saturated heterocycles. The summed E-state index contributed by atoms with van der Waals surface area (Å²) in [5.74, 6) is 0.0599. The maximum Gasteiger partial charge on any atom is 0.410 e. The zero-order valence-electron chi connectivity index (χ0n) is 21.4. The van der Waals surface area contributed by atoms with Crippen molar-refractivity contribution in [2.24, 2.45) is 0 Å². The normalized spacial score (nSPS) is 21.3. The first-order chi connectivity index (χ1) is 16.2. The van der Waals surface area contributed by atoms with E-state index < -0.39 is 16.6 Å². The fourth-order valence-electron chi connectivity index (χ4n) is 5.03. The number of anilines is 2. The molecule has 2 amide bonds. The highest BCUT2D eigenvalue weighted by Crippen LogP contribution is 2.45. The number of carbonyl (C=O) groups is 2. The van der Waals surface area contributed by atoms with E-state index in [9.17, 15) is 9.59 Å². The van der Waals surface area contributed by atoms with Gasteiger partial charge in [0.2, 0.25) is 5.91 Å². The van der Waals surface area contributed by atoms with Gasteiger partial charge in [-0.15, -0.1) is 0 Å². The molecule has 2 aromatic carbocycles. The zero-order valence-corrected chi connectivity index (χ0v) is 22.9. The molecule has 0 radical (unpaired) electrons. The van der Waals surface area contributed by atoms with Gasteiger partial charge in [-0.05, 0) is 76.8 Å². The minimum Gasteiger partial charge on any atom is -0.444 e. The molecule has 0 aliphatic carbocycles. The van der Waals surface area contributed by atoms with Crippen molar-refractivity contribution in [3.63, 3.8) is 0 Å². The highest BCUT2D eigenvalue weighted by Gasteiger charge is 2.46. The summed E-state index contributed by atoms with van der Waals surface area (Å²) in [4.78, 5) is 29.1. The lowest BCUT2D eigenvalue weighted by Gasteiger charge is -2.34. The van der Waals surface area contributed by atoms with Crippen LogP contribution in [0, 0.1) is 6.92 Å². The molecule has 1 N–H and O–H groups in total. The van der Waals surface area contributed by atoms with E-state index in [4.69, 9.17) is 27.9 Å². The molecule has 4 rings (SSSR count). The number of halogens is 2. The highest BCUT2D eigenvalue weighted by molar-refractivity contribution is 6.43. The summed E-state index contributed by atoms with van der Waals surface area (Å²) >= 11 is 13.3. The number of hydrogen-bond donors (Lipinski definition) is 1. The minimum atomic E-state index is -0.684. The Bertz CT molecular complexity index is 1200. The van der Waals surface area contributed by atoms with Crippen LogP contribution in [0.2, 0.25) is 10.0 Å². The number of aryl methyl sites for hydroxylation is 1. The molecule has 0 aromatic heterocycles. The predicted molar refractivity (Wildman–Crippen MR) is 142 cm³/mol. The van der Waals surface area contributed by atoms with Crippen molar-refractivity contribution in [1.82, 2.24) is 4.90 Å². The largest absolute Gasteiger partial charge is 0.444 e. The molecule has 0 saturated carbocycles. The van der Waals surface area contributed by atoms with Gasteiger partial charge in [0, 0.05) is 25.0 Å². The number of hydrogen-bond acceptors (Lipinski definition) is 4. The lowest BCUT2D eigenvalue weighted by atomic mass is 9.85. The number of benzene rings is 2. The second-order valence-corrected chi connectivity index (χ2v) is 11.9. The van der Waals surface area contributed by atoms with Crippen LogP contribution in [0.5, 0.6) is 0 Å². The van der Waals surface area contributed by atoms with Crippen molar-refractivity contribution in [1.29, 1.82) is 0 Å². The number of carbonyl (C=O) groups excluding carboxylic acids is 2. The molecule has 2 aromatic rings. The van der Waals surface area contributed by atoms with Gasteiger partial charge in [0.1, 0.15) is 5.60 Å². The topological polar surface area (TPSA) is 61.9 Å². The van der Waals surface area contributed by atoms with E-state index in [0.717, 1.165) is 28.1 Å². The van der Waals surface area contributed by atoms with Gasteiger partial charge in [-0.1, -0.05) is 41.4 Å². The molecular weight excluding hydrogens is 485 g/mol. The summed E-state index contributed by atoms with van der Waals surface area (Å²) in [5, 5.41) is 4.64. The molecule has 188 valence electrons.